The first-order chi connectivity index (χ1) is 18.8. The first kappa shape index (κ1) is 33.3. The fourth-order valence-electron chi connectivity index (χ4n) is 4.02. The quantitative estimate of drug-likeness (QED) is 0.396. The zero-order valence-corrected chi connectivity index (χ0v) is 25.6. The minimum Gasteiger partial charge on any atom is -0.460 e. The molecule has 2 aliphatic rings. The maximum atomic E-state index is 11.8. The molecule has 2 fully saturated rings. The Labute approximate surface area is 241 Å². The highest BCUT2D eigenvalue weighted by Crippen LogP contribution is 2.24. The molecule has 0 bridgehead atoms. The molecule has 2 aromatic rings. The molecule has 2 saturated heterocycles. The van der Waals surface area contributed by atoms with Crippen LogP contribution >= 0.6 is 11.8 Å². The number of carbonyl (C=O) groups is 2. The van der Waals surface area contributed by atoms with Gasteiger partial charge in [-0.3, -0.25) is 9.59 Å². The summed E-state index contributed by atoms with van der Waals surface area (Å²) in [7, 11) is 0. The Morgan fingerprint density at radius 1 is 0.900 bits per heavy atom. The number of aromatic nitrogens is 6. The van der Waals surface area contributed by atoms with Gasteiger partial charge in [-0.15, -0.1) is 10.2 Å². The van der Waals surface area contributed by atoms with Gasteiger partial charge in [-0.1, -0.05) is 11.8 Å². The van der Waals surface area contributed by atoms with E-state index in [2.05, 4.69) is 40.6 Å². The van der Waals surface area contributed by atoms with E-state index in [4.69, 9.17) is 9.47 Å². The van der Waals surface area contributed by atoms with E-state index in [9.17, 15) is 9.59 Å². The van der Waals surface area contributed by atoms with Crippen LogP contribution in [0, 0.1) is 11.8 Å². The molecule has 222 valence electrons. The molecule has 2 atom stereocenters. The number of thioether (sulfide) groups is 1. The summed E-state index contributed by atoms with van der Waals surface area (Å²) in [5.41, 5.74) is -0.759. The van der Waals surface area contributed by atoms with Crippen molar-refractivity contribution in [3.05, 3.63) is 24.8 Å². The van der Waals surface area contributed by atoms with E-state index in [0.717, 1.165) is 39.0 Å². The highest BCUT2D eigenvalue weighted by Gasteiger charge is 2.28. The highest BCUT2D eigenvalue weighted by molar-refractivity contribution is 7.98. The second-order valence-corrected chi connectivity index (χ2v) is 12.4. The summed E-state index contributed by atoms with van der Waals surface area (Å²) < 4.78 is 10.6. The number of hydrogen-bond acceptors (Lipinski definition) is 13. The Balaban J connectivity index is 0.000000230. The predicted molar refractivity (Wildman–Crippen MR) is 154 cm³/mol. The van der Waals surface area contributed by atoms with Gasteiger partial charge in [0.2, 0.25) is 11.1 Å². The third kappa shape index (κ3) is 14.5. The van der Waals surface area contributed by atoms with Crippen LogP contribution in [0.1, 0.15) is 67.2 Å². The van der Waals surface area contributed by atoms with Crippen LogP contribution in [0.25, 0.3) is 0 Å². The van der Waals surface area contributed by atoms with Gasteiger partial charge in [-0.05, 0) is 85.6 Å². The van der Waals surface area contributed by atoms with Crippen LogP contribution in [0.3, 0.4) is 0 Å². The van der Waals surface area contributed by atoms with E-state index in [-0.39, 0.29) is 17.5 Å². The topological polar surface area (TPSA) is 145 Å². The molecule has 0 spiro atoms. The molecule has 1 N–H and O–H groups in total. The van der Waals surface area contributed by atoms with E-state index in [1.807, 2.05) is 47.8 Å². The maximum Gasteiger partial charge on any atom is 0.306 e. The number of esters is 2. The molecule has 0 saturated carbocycles. The number of hydrogen-bond donors (Lipinski definition) is 1. The normalized spacial score (nSPS) is 18.6. The Morgan fingerprint density at radius 2 is 1.50 bits per heavy atom. The van der Waals surface area contributed by atoms with Crippen LogP contribution in [0.5, 0.6) is 0 Å². The zero-order valence-electron chi connectivity index (χ0n) is 24.8. The van der Waals surface area contributed by atoms with Crippen molar-refractivity contribution in [1.82, 2.24) is 35.7 Å². The third-order valence-electron chi connectivity index (χ3n) is 5.60. The van der Waals surface area contributed by atoms with E-state index in [1.54, 1.807) is 24.8 Å². The van der Waals surface area contributed by atoms with Crippen molar-refractivity contribution in [3.63, 3.8) is 0 Å². The van der Waals surface area contributed by atoms with Crippen molar-refractivity contribution in [2.24, 2.45) is 11.8 Å². The second-order valence-electron chi connectivity index (χ2n) is 11.6. The highest BCUT2D eigenvalue weighted by atomic mass is 32.2. The molecular weight excluding hydrogens is 532 g/mol. The van der Waals surface area contributed by atoms with E-state index in [1.165, 1.54) is 11.8 Å². The molecule has 0 aromatic carbocycles. The summed E-state index contributed by atoms with van der Waals surface area (Å²) in [6.45, 7) is 15.0. The van der Waals surface area contributed by atoms with E-state index < -0.39 is 5.60 Å². The van der Waals surface area contributed by atoms with Gasteiger partial charge in [0.05, 0.1) is 31.2 Å². The Bertz CT molecular complexity index is 1010. The molecular formula is C27H44N8O4S. The lowest BCUT2D eigenvalue weighted by Crippen LogP contribution is -2.26. The van der Waals surface area contributed by atoms with Gasteiger partial charge in [0.25, 0.3) is 0 Å². The van der Waals surface area contributed by atoms with Crippen molar-refractivity contribution in [2.75, 3.05) is 37.3 Å². The molecule has 4 heterocycles. The summed E-state index contributed by atoms with van der Waals surface area (Å²) in [5.74, 6) is 1.22. The molecule has 40 heavy (non-hydrogen) atoms. The number of nitrogens with zero attached hydrogens (tertiary/aromatic N) is 7. The maximum absolute atomic E-state index is 11.8. The number of nitrogens with one attached hydrogen (secondary N) is 1. The predicted octanol–water partition coefficient (Wildman–Crippen LogP) is 3.35. The lowest BCUT2D eigenvalue weighted by molar-refractivity contribution is -0.157. The minimum absolute atomic E-state index is 0.0683. The minimum atomic E-state index is -0.415. The monoisotopic (exact) mass is 576 g/mol. The van der Waals surface area contributed by atoms with Gasteiger partial charge >= 0.3 is 11.9 Å². The fraction of sp³-hybridized carbons (Fsp3) is 0.704. The lowest BCUT2D eigenvalue weighted by Gasteiger charge is -2.21. The van der Waals surface area contributed by atoms with Crippen molar-refractivity contribution in [2.45, 2.75) is 83.6 Å². The van der Waals surface area contributed by atoms with Gasteiger partial charge in [-0.25, -0.2) is 9.97 Å². The van der Waals surface area contributed by atoms with Gasteiger partial charge in [0.15, 0.2) is 0 Å². The molecule has 4 rings (SSSR count). The summed E-state index contributed by atoms with van der Waals surface area (Å²) in [5, 5.41) is 19.1. The van der Waals surface area contributed by atoms with Crippen molar-refractivity contribution >= 4 is 29.6 Å². The molecule has 2 aliphatic heterocycles. The molecule has 0 unspecified atom stereocenters. The average molecular weight is 577 g/mol. The Morgan fingerprint density at radius 3 is 1.95 bits per heavy atom. The number of ether oxygens (including phenoxy) is 2. The van der Waals surface area contributed by atoms with Crippen LogP contribution < -0.4 is 10.2 Å². The Kier molecular flexibility index (Phi) is 13.6. The third-order valence-corrected chi connectivity index (χ3v) is 6.15. The lowest BCUT2D eigenvalue weighted by atomic mass is 10.1. The molecule has 0 aliphatic carbocycles. The van der Waals surface area contributed by atoms with Gasteiger partial charge < -0.3 is 19.7 Å². The number of rotatable bonds is 6. The first-order valence-electron chi connectivity index (χ1n) is 13.6. The van der Waals surface area contributed by atoms with Crippen molar-refractivity contribution in [3.8, 4) is 0 Å². The largest absolute Gasteiger partial charge is 0.460 e. The second kappa shape index (κ2) is 16.4. The molecule has 13 heteroatoms. The van der Waals surface area contributed by atoms with E-state index in [0.29, 0.717) is 35.8 Å². The summed E-state index contributed by atoms with van der Waals surface area (Å²) in [6, 6.07) is 0. The molecule has 12 nitrogen and oxygen atoms in total. The zero-order chi connectivity index (χ0) is 29.6. The van der Waals surface area contributed by atoms with Crippen molar-refractivity contribution < 1.29 is 19.1 Å². The number of anilines is 1. The van der Waals surface area contributed by atoms with Crippen LogP contribution in [0.4, 0.5) is 5.95 Å². The van der Waals surface area contributed by atoms with Gasteiger partial charge in [-0.2, -0.15) is 10.2 Å². The summed E-state index contributed by atoms with van der Waals surface area (Å²) in [6.07, 6.45) is 11.3. The number of carbonyl (C=O) groups excluding carboxylic acids is 2. The fourth-order valence-corrected chi connectivity index (χ4v) is 4.32. The summed E-state index contributed by atoms with van der Waals surface area (Å²) in [4.78, 5) is 33.3. The smallest absolute Gasteiger partial charge is 0.306 e. The molecule has 0 amide bonds. The standard InChI is InChI=1S/C13H20N4O2.C10H19NO2.C4H5N3S/c1-13(2,3)19-11(18)8-10-4-7-17(9-10)12-14-5-6-15-16-12;1-10(2,3)13-9(12)6-8-4-5-11-7-8;1-8-4-5-2-3-6-7-4/h5-6,10H,4,7-9H2,1-3H3;8,11H,4-7H2,1-3H3;2-3H,1H3/t10-;8-;/m00./s1. The van der Waals surface area contributed by atoms with Crippen molar-refractivity contribution in [1.29, 1.82) is 0 Å². The SMILES string of the molecule is CC(C)(C)OC(=O)C[C@@H]1CCN(c2nccnn2)C1.CC(C)(C)OC(=O)C[C@@H]1CCNC1.CSc1nccnn1. The van der Waals surface area contributed by atoms with Crippen LogP contribution in [0.15, 0.2) is 29.9 Å². The van der Waals surface area contributed by atoms with Crippen LogP contribution in [-0.4, -0.2) is 85.9 Å². The molecule has 0 radical (unpaired) electrons. The van der Waals surface area contributed by atoms with E-state index >= 15 is 0 Å². The van der Waals surface area contributed by atoms with Crippen LogP contribution in [-0.2, 0) is 19.1 Å². The average Bonchev–Trinajstić information content (AvgIpc) is 3.56. The summed E-state index contributed by atoms with van der Waals surface area (Å²) >= 11 is 1.48. The Hall–Kier alpha value is -2.93. The first-order valence-corrected chi connectivity index (χ1v) is 14.8. The van der Waals surface area contributed by atoms with Crippen LogP contribution in [0.2, 0.25) is 0 Å². The molecule has 2 aromatic heterocycles. The van der Waals surface area contributed by atoms with Gasteiger partial charge in [0, 0.05) is 19.5 Å². The van der Waals surface area contributed by atoms with Gasteiger partial charge in [0.1, 0.15) is 11.2 Å².